The Hall–Kier alpha value is -1.54. The summed E-state index contributed by atoms with van der Waals surface area (Å²) in [5.41, 5.74) is 0.968. The van der Waals surface area contributed by atoms with Gasteiger partial charge in [0, 0.05) is 6.20 Å². The van der Waals surface area contributed by atoms with E-state index in [1.54, 1.807) is 24.5 Å². The molecule has 4 nitrogen and oxygen atoms in total. The van der Waals surface area contributed by atoms with Gasteiger partial charge < -0.3 is 0 Å². The number of hydrogen-bond donors (Lipinski definition) is 1. The number of aryl methyl sites for hydroxylation is 1. The highest BCUT2D eigenvalue weighted by Crippen LogP contribution is 2.04. The number of hydrogen-bond acceptors (Lipinski definition) is 3. The number of nitrogens with one attached hydrogen (secondary N) is 1. The Bertz CT molecular complexity index is 427. The summed E-state index contributed by atoms with van der Waals surface area (Å²) in [6, 6.07) is 3.36. The Kier molecular flexibility index (Phi) is 2.54. The second-order valence-corrected chi connectivity index (χ2v) is 4.54. The first-order chi connectivity index (χ1) is 6.06. The Morgan fingerprint density at radius 2 is 2.38 bits per heavy atom. The molecule has 0 saturated carbocycles. The largest absolute Gasteiger partial charge is 0.246 e. The molecular formula is C8H9N3OS. The van der Waals surface area contributed by atoms with Crippen molar-refractivity contribution in [1.82, 2.24) is 9.71 Å². The minimum Gasteiger partial charge on any atom is -0.246 e. The van der Waals surface area contributed by atoms with Gasteiger partial charge in [0.15, 0.2) is 6.19 Å². The fourth-order valence-electron chi connectivity index (χ4n) is 0.775. The lowest BCUT2D eigenvalue weighted by Gasteiger charge is -2.04. The van der Waals surface area contributed by atoms with Crippen LogP contribution in [0.3, 0.4) is 0 Å². The fourth-order valence-corrected chi connectivity index (χ4v) is 1.54. The van der Waals surface area contributed by atoms with Crippen molar-refractivity contribution in [2.75, 3.05) is 0 Å². The van der Waals surface area contributed by atoms with Gasteiger partial charge >= 0.3 is 0 Å². The summed E-state index contributed by atoms with van der Waals surface area (Å²) in [6.45, 7) is 1.87. The van der Waals surface area contributed by atoms with E-state index in [4.69, 9.17) is 5.26 Å². The summed E-state index contributed by atoms with van der Waals surface area (Å²) in [5.74, 6) is 3.39. The summed E-state index contributed by atoms with van der Waals surface area (Å²) in [4.78, 5) is 3.92. The normalized spacial score (nSPS) is 14.2. The molecule has 1 aromatic rings. The van der Waals surface area contributed by atoms with Crippen molar-refractivity contribution < 1.29 is 4.21 Å². The molecule has 13 heavy (non-hydrogen) atoms. The molecule has 1 rings (SSSR count). The summed E-state index contributed by atoms with van der Waals surface area (Å²) in [7, 11) is -2.75. The average Bonchev–Trinajstić information content (AvgIpc) is 2.05. The van der Waals surface area contributed by atoms with Gasteiger partial charge in [-0.25, -0.2) is 13.9 Å². The van der Waals surface area contributed by atoms with Crippen LogP contribution in [0.5, 0.6) is 0 Å². The van der Waals surface area contributed by atoms with Crippen LogP contribution in [0.1, 0.15) is 5.56 Å². The predicted octanol–water partition coefficient (Wildman–Crippen LogP) is 0.451. The van der Waals surface area contributed by atoms with Crippen LogP contribution in [0.4, 0.5) is 0 Å². The number of nitrogens with zero attached hydrogens (tertiary/aromatic N) is 2. The quantitative estimate of drug-likeness (QED) is 0.423. The van der Waals surface area contributed by atoms with E-state index in [0.717, 1.165) is 5.56 Å². The van der Waals surface area contributed by atoms with Crippen LogP contribution in [0.15, 0.2) is 23.4 Å². The maximum Gasteiger partial charge on any atom is 0.189 e. The van der Waals surface area contributed by atoms with Gasteiger partial charge in [0.05, 0.1) is 9.71 Å². The van der Waals surface area contributed by atoms with Crippen LogP contribution >= 0.6 is 0 Å². The molecule has 0 aliphatic rings. The summed E-state index contributed by atoms with van der Waals surface area (Å²) in [6.07, 6.45) is 3.18. The first-order valence-electron chi connectivity index (χ1n) is 3.52. The summed E-state index contributed by atoms with van der Waals surface area (Å²) < 4.78 is 13.7. The Morgan fingerprint density at radius 1 is 1.69 bits per heavy atom. The van der Waals surface area contributed by atoms with Gasteiger partial charge in [-0.3, -0.25) is 0 Å². The molecule has 0 spiro atoms. The lowest BCUT2D eigenvalue weighted by Crippen LogP contribution is -2.18. The van der Waals surface area contributed by atoms with E-state index in [0.29, 0.717) is 5.03 Å². The Morgan fingerprint density at radius 3 is 2.85 bits per heavy atom. The number of aromatic nitrogens is 1. The Labute approximate surface area is 77.4 Å². The number of nitriles is 1. The van der Waals surface area contributed by atoms with Crippen LogP contribution in [-0.4, -0.2) is 15.1 Å². The molecule has 5 heteroatoms. The second kappa shape index (κ2) is 3.46. The molecule has 0 fully saturated rings. The van der Waals surface area contributed by atoms with E-state index >= 15 is 0 Å². The maximum absolute atomic E-state index is 11.6. The fraction of sp³-hybridized carbons (Fsp3) is 0.125. The van der Waals surface area contributed by atoms with Crippen LogP contribution in [-0.2, 0) is 9.71 Å². The van der Waals surface area contributed by atoms with E-state index in [2.05, 4.69) is 15.6 Å². The van der Waals surface area contributed by atoms with Crippen LogP contribution in [0, 0.1) is 18.4 Å². The van der Waals surface area contributed by atoms with Gasteiger partial charge in [0.2, 0.25) is 0 Å². The maximum atomic E-state index is 11.6. The van der Waals surface area contributed by atoms with Crippen molar-refractivity contribution in [3.63, 3.8) is 0 Å². The third kappa shape index (κ3) is 2.20. The topological polar surface area (TPSA) is 65.8 Å². The highest BCUT2D eigenvalue weighted by molar-refractivity contribution is 7.98. The standard InChI is InChI=1S/C8H9N3OS/c1-7-3-4-8(10-5-7)13(2,12)11-6-9/h3-5H,2H2,1H3,(H,11,12). The summed E-state index contributed by atoms with van der Waals surface area (Å²) >= 11 is 0. The van der Waals surface area contributed by atoms with E-state index in [-0.39, 0.29) is 0 Å². The molecule has 1 aromatic heterocycles. The molecule has 0 radical (unpaired) electrons. The molecule has 0 aromatic carbocycles. The van der Waals surface area contributed by atoms with Crippen LogP contribution in [0.25, 0.3) is 0 Å². The Balaban J connectivity index is 3.11. The zero-order valence-corrected chi connectivity index (χ0v) is 7.97. The van der Waals surface area contributed by atoms with Crippen LogP contribution in [0.2, 0.25) is 0 Å². The average molecular weight is 195 g/mol. The lowest BCUT2D eigenvalue weighted by atomic mass is 10.3. The molecule has 1 unspecified atom stereocenters. The smallest absolute Gasteiger partial charge is 0.189 e. The molecular weight excluding hydrogens is 186 g/mol. The zero-order valence-electron chi connectivity index (χ0n) is 7.15. The molecule has 1 atom stereocenters. The first-order valence-corrected chi connectivity index (χ1v) is 5.25. The molecule has 1 N–H and O–H groups in total. The molecule has 68 valence electrons. The first kappa shape index (κ1) is 9.55. The molecule has 0 bridgehead atoms. The third-order valence-electron chi connectivity index (χ3n) is 1.43. The second-order valence-electron chi connectivity index (χ2n) is 2.56. The van der Waals surface area contributed by atoms with Gasteiger partial charge in [0.25, 0.3) is 0 Å². The predicted molar refractivity (Wildman–Crippen MR) is 51.3 cm³/mol. The number of rotatable bonds is 2. The van der Waals surface area contributed by atoms with Crippen LogP contribution < -0.4 is 4.72 Å². The molecule has 0 aliphatic carbocycles. The van der Waals surface area contributed by atoms with E-state index < -0.39 is 9.71 Å². The highest BCUT2D eigenvalue weighted by atomic mass is 32.2. The minimum absolute atomic E-state index is 0.291. The van der Waals surface area contributed by atoms with Gasteiger partial charge in [-0.1, -0.05) is 6.07 Å². The lowest BCUT2D eigenvalue weighted by molar-refractivity contribution is 0.675. The monoisotopic (exact) mass is 195 g/mol. The van der Waals surface area contributed by atoms with Crippen molar-refractivity contribution in [2.45, 2.75) is 11.9 Å². The van der Waals surface area contributed by atoms with Crippen molar-refractivity contribution in [3.05, 3.63) is 23.9 Å². The van der Waals surface area contributed by atoms with E-state index in [1.165, 1.54) is 0 Å². The van der Waals surface area contributed by atoms with E-state index in [9.17, 15) is 4.21 Å². The molecule has 0 aliphatic heterocycles. The van der Waals surface area contributed by atoms with Gasteiger partial charge in [0.1, 0.15) is 5.03 Å². The number of pyridine rings is 1. The summed E-state index contributed by atoms with van der Waals surface area (Å²) in [5, 5.41) is 8.60. The van der Waals surface area contributed by atoms with Gasteiger partial charge in [-0.2, -0.15) is 5.26 Å². The van der Waals surface area contributed by atoms with Crippen molar-refractivity contribution in [3.8, 4) is 6.19 Å². The molecule has 0 amide bonds. The SMILES string of the molecule is C=S(=O)(NC#N)c1ccc(C)cn1. The highest BCUT2D eigenvalue weighted by Gasteiger charge is 2.06. The van der Waals surface area contributed by atoms with E-state index in [1.807, 2.05) is 6.92 Å². The zero-order chi connectivity index (χ0) is 9.90. The van der Waals surface area contributed by atoms with Gasteiger partial charge in [-0.15, -0.1) is 0 Å². The molecule has 1 heterocycles. The van der Waals surface area contributed by atoms with Crippen molar-refractivity contribution >= 4 is 15.6 Å². The minimum atomic E-state index is -2.75. The van der Waals surface area contributed by atoms with Crippen molar-refractivity contribution in [1.29, 1.82) is 5.26 Å². The third-order valence-corrected chi connectivity index (χ3v) is 2.77. The van der Waals surface area contributed by atoms with Crippen molar-refractivity contribution in [2.24, 2.45) is 0 Å². The molecule has 0 saturated heterocycles. The van der Waals surface area contributed by atoms with Gasteiger partial charge in [-0.05, 0) is 24.4 Å².